The highest BCUT2D eigenvalue weighted by atomic mass is 19.1. The minimum atomic E-state index is -0.399. The van der Waals surface area contributed by atoms with E-state index < -0.39 is 5.82 Å². The first-order chi connectivity index (χ1) is 9.61. The lowest BCUT2D eigenvalue weighted by molar-refractivity contribution is -0.121. The topological polar surface area (TPSA) is 35.6 Å². The van der Waals surface area contributed by atoms with Crippen LogP contribution in [0.4, 0.5) is 10.1 Å². The van der Waals surface area contributed by atoms with E-state index in [-0.39, 0.29) is 17.6 Å². The van der Waals surface area contributed by atoms with Gasteiger partial charge >= 0.3 is 0 Å². The number of nitrogens with one attached hydrogen (secondary N) is 1. The van der Waals surface area contributed by atoms with Gasteiger partial charge in [-0.3, -0.25) is 9.69 Å². The lowest BCUT2D eigenvalue weighted by Gasteiger charge is -2.36. The molecule has 0 aliphatic carbocycles. The number of amides is 1. The summed E-state index contributed by atoms with van der Waals surface area (Å²) in [6.07, 6.45) is 0. The summed E-state index contributed by atoms with van der Waals surface area (Å²) < 4.78 is 13.5. The van der Waals surface area contributed by atoms with Crippen molar-refractivity contribution in [1.82, 2.24) is 9.80 Å². The van der Waals surface area contributed by atoms with Crippen molar-refractivity contribution >= 4 is 11.6 Å². The number of piperazine rings is 1. The molecule has 20 heavy (non-hydrogen) atoms. The fourth-order valence-corrected chi connectivity index (χ4v) is 2.43. The number of halogens is 1. The molecule has 1 aliphatic rings. The summed E-state index contributed by atoms with van der Waals surface area (Å²) in [7, 11) is 0. The van der Waals surface area contributed by atoms with Crippen LogP contribution in [0.25, 0.3) is 0 Å². The molecule has 2 rings (SSSR count). The van der Waals surface area contributed by atoms with E-state index in [4.69, 9.17) is 0 Å². The van der Waals surface area contributed by atoms with Crippen LogP contribution in [0.1, 0.15) is 13.8 Å². The van der Waals surface area contributed by atoms with Gasteiger partial charge in [-0.2, -0.15) is 0 Å². The number of hydrogen-bond donors (Lipinski definition) is 1. The molecule has 5 heteroatoms. The van der Waals surface area contributed by atoms with Crippen LogP contribution >= 0.6 is 0 Å². The minimum Gasteiger partial charge on any atom is -0.322 e. The van der Waals surface area contributed by atoms with Gasteiger partial charge in [0.2, 0.25) is 5.91 Å². The van der Waals surface area contributed by atoms with E-state index in [1.807, 2.05) is 6.92 Å². The van der Waals surface area contributed by atoms with Crippen LogP contribution in [-0.4, -0.2) is 54.5 Å². The van der Waals surface area contributed by atoms with E-state index >= 15 is 0 Å². The second-order valence-corrected chi connectivity index (χ2v) is 5.12. The highest BCUT2D eigenvalue weighted by Crippen LogP contribution is 2.14. The zero-order valence-electron chi connectivity index (χ0n) is 12.1. The average molecular weight is 279 g/mol. The van der Waals surface area contributed by atoms with Crippen molar-refractivity contribution in [3.63, 3.8) is 0 Å². The van der Waals surface area contributed by atoms with Gasteiger partial charge in [0.05, 0.1) is 11.7 Å². The number of likely N-dealkylation sites (N-methyl/N-ethyl adjacent to an activating group) is 1. The minimum absolute atomic E-state index is 0.153. The molecular weight excluding hydrogens is 257 g/mol. The summed E-state index contributed by atoms with van der Waals surface area (Å²) in [5.74, 6) is -0.552. The summed E-state index contributed by atoms with van der Waals surface area (Å²) in [5, 5.41) is 2.66. The van der Waals surface area contributed by atoms with Crippen molar-refractivity contribution in [2.45, 2.75) is 19.9 Å². The quantitative estimate of drug-likeness (QED) is 0.912. The Morgan fingerprint density at radius 2 is 1.95 bits per heavy atom. The van der Waals surface area contributed by atoms with Crippen LogP contribution in [0.2, 0.25) is 0 Å². The number of hydrogen-bond acceptors (Lipinski definition) is 3. The largest absolute Gasteiger partial charge is 0.322 e. The van der Waals surface area contributed by atoms with Crippen molar-refractivity contribution in [2.24, 2.45) is 0 Å². The Bertz CT molecular complexity index is 458. The van der Waals surface area contributed by atoms with Crippen LogP contribution in [0, 0.1) is 5.82 Å². The van der Waals surface area contributed by atoms with Gasteiger partial charge in [-0.05, 0) is 25.6 Å². The van der Waals surface area contributed by atoms with Crippen molar-refractivity contribution in [3.8, 4) is 0 Å². The van der Waals surface area contributed by atoms with Crippen molar-refractivity contribution < 1.29 is 9.18 Å². The van der Waals surface area contributed by atoms with Gasteiger partial charge in [0.1, 0.15) is 5.82 Å². The summed E-state index contributed by atoms with van der Waals surface area (Å²) >= 11 is 0. The van der Waals surface area contributed by atoms with Crippen molar-refractivity contribution in [3.05, 3.63) is 30.1 Å². The molecule has 0 saturated carbocycles. The molecule has 1 saturated heterocycles. The Morgan fingerprint density at radius 1 is 1.30 bits per heavy atom. The fourth-order valence-electron chi connectivity index (χ4n) is 2.43. The summed E-state index contributed by atoms with van der Waals surface area (Å²) in [6, 6.07) is 6.01. The van der Waals surface area contributed by atoms with Crippen molar-refractivity contribution in [1.29, 1.82) is 0 Å². The van der Waals surface area contributed by atoms with E-state index in [2.05, 4.69) is 22.0 Å². The molecule has 1 unspecified atom stereocenters. The van der Waals surface area contributed by atoms with Gasteiger partial charge in [0, 0.05) is 26.2 Å². The predicted molar refractivity (Wildman–Crippen MR) is 78.2 cm³/mol. The molecule has 1 atom stereocenters. The number of carbonyl (C=O) groups excluding carboxylic acids is 1. The monoisotopic (exact) mass is 279 g/mol. The molecule has 1 N–H and O–H groups in total. The van der Waals surface area contributed by atoms with Gasteiger partial charge in [-0.1, -0.05) is 19.1 Å². The Morgan fingerprint density at radius 3 is 2.55 bits per heavy atom. The highest BCUT2D eigenvalue weighted by molar-refractivity contribution is 5.94. The lowest BCUT2D eigenvalue weighted by atomic mass is 10.2. The predicted octanol–water partition coefficient (Wildman–Crippen LogP) is 1.79. The lowest BCUT2D eigenvalue weighted by Crippen LogP contribution is -2.52. The second-order valence-electron chi connectivity index (χ2n) is 5.12. The maximum Gasteiger partial charge on any atom is 0.241 e. The number of benzene rings is 1. The third-order valence-corrected chi connectivity index (χ3v) is 3.91. The first-order valence-electron chi connectivity index (χ1n) is 7.13. The number of para-hydroxylation sites is 1. The van der Waals surface area contributed by atoms with Gasteiger partial charge in [-0.25, -0.2) is 4.39 Å². The molecule has 0 radical (unpaired) electrons. The van der Waals surface area contributed by atoms with E-state index in [0.29, 0.717) is 0 Å². The zero-order valence-corrected chi connectivity index (χ0v) is 12.1. The van der Waals surface area contributed by atoms with E-state index in [1.165, 1.54) is 6.07 Å². The van der Waals surface area contributed by atoms with E-state index in [0.717, 1.165) is 32.7 Å². The molecule has 1 fully saturated rings. The van der Waals surface area contributed by atoms with Crippen LogP contribution in [0.5, 0.6) is 0 Å². The third-order valence-electron chi connectivity index (χ3n) is 3.91. The zero-order chi connectivity index (χ0) is 14.5. The van der Waals surface area contributed by atoms with Gasteiger partial charge in [-0.15, -0.1) is 0 Å². The number of nitrogens with zero attached hydrogens (tertiary/aromatic N) is 2. The second kappa shape index (κ2) is 6.81. The average Bonchev–Trinajstić information content (AvgIpc) is 2.49. The Kier molecular flexibility index (Phi) is 5.09. The molecule has 1 aromatic rings. The van der Waals surface area contributed by atoms with Crippen LogP contribution in [0.3, 0.4) is 0 Å². The smallest absolute Gasteiger partial charge is 0.241 e. The molecule has 1 heterocycles. The first kappa shape index (κ1) is 14.9. The van der Waals surface area contributed by atoms with Gasteiger partial charge in [0.25, 0.3) is 0 Å². The Hall–Kier alpha value is -1.46. The van der Waals surface area contributed by atoms with E-state index in [1.54, 1.807) is 18.2 Å². The molecule has 0 aromatic heterocycles. The first-order valence-corrected chi connectivity index (χ1v) is 7.13. The number of rotatable bonds is 4. The summed E-state index contributed by atoms with van der Waals surface area (Å²) in [6.45, 7) is 8.77. The SMILES string of the molecule is CCN1CCN(C(C)C(=O)Nc2ccccc2F)CC1. The van der Waals surface area contributed by atoms with Gasteiger partial charge < -0.3 is 10.2 Å². The third kappa shape index (κ3) is 3.55. The maximum atomic E-state index is 13.5. The summed E-state index contributed by atoms with van der Waals surface area (Å²) in [5.41, 5.74) is 0.247. The number of anilines is 1. The molecule has 0 bridgehead atoms. The van der Waals surface area contributed by atoms with E-state index in [9.17, 15) is 9.18 Å². The number of carbonyl (C=O) groups is 1. The van der Waals surface area contributed by atoms with Crippen LogP contribution in [-0.2, 0) is 4.79 Å². The molecule has 0 spiro atoms. The molecule has 110 valence electrons. The molecule has 4 nitrogen and oxygen atoms in total. The standard InChI is InChI=1S/C15H22FN3O/c1-3-18-8-10-19(11-9-18)12(2)15(20)17-14-7-5-4-6-13(14)16/h4-7,12H,3,8-11H2,1-2H3,(H,17,20). The van der Waals surface area contributed by atoms with Gasteiger partial charge in [0.15, 0.2) is 0 Å². The Balaban J connectivity index is 1.91. The highest BCUT2D eigenvalue weighted by Gasteiger charge is 2.25. The Labute approximate surface area is 119 Å². The molecule has 1 aliphatic heterocycles. The molecular formula is C15H22FN3O. The van der Waals surface area contributed by atoms with Crippen LogP contribution in [0.15, 0.2) is 24.3 Å². The maximum absolute atomic E-state index is 13.5. The van der Waals surface area contributed by atoms with Crippen LogP contribution < -0.4 is 5.32 Å². The normalized spacial score (nSPS) is 18.8. The molecule has 1 amide bonds. The fraction of sp³-hybridized carbons (Fsp3) is 0.533. The summed E-state index contributed by atoms with van der Waals surface area (Å²) in [4.78, 5) is 16.7. The van der Waals surface area contributed by atoms with Crippen molar-refractivity contribution in [2.75, 3.05) is 38.0 Å². The molecule has 1 aromatic carbocycles.